The van der Waals surface area contributed by atoms with Crippen LogP contribution in [-0.4, -0.2) is 16.0 Å². The Labute approximate surface area is 181 Å². The van der Waals surface area contributed by atoms with Crippen molar-refractivity contribution >= 4 is 27.5 Å². The topological polar surface area (TPSA) is 85.4 Å². The number of aromatic hydroxyl groups is 1. The smallest absolute Gasteiger partial charge is 0.254 e. The largest absolute Gasteiger partial charge is 0.507 e. The number of thiazole rings is 1. The SMILES string of the molecule is CC.NC(=O)c1c(F)ccc(OCc2nc3cc(-c4ccccc4O)ccc3s2)c1F. The molecule has 0 saturated carbocycles. The third-order valence-corrected chi connectivity index (χ3v) is 5.31. The summed E-state index contributed by atoms with van der Waals surface area (Å²) in [6, 6.07) is 14.6. The number of amides is 1. The van der Waals surface area contributed by atoms with Gasteiger partial charge in [0.2, 0.25) is 0 Å². The van der Waals surface area contributed by atoms with Crippen LogP contribution in [0, 0.1) is 11.6 Å². The summed E-state index contributed by atoms with van der Waals surface area (Å²) in [7, 11) is 0. The summed E-state index contributed by atoms with van der Waals surface area (Å²) >= 11 is 1.36. The molecule has 0 spiro atoms. The number of carbonyl (C=O) groups excluding carboxylic acids is 1. The summed E-state index contributed by atoms with van der Waals surface area (Å²) in [6.07, 6.45) is 0. The highest BCUT2D eigenvalue weighted by Crippen LogP contribution is 2.33. The van der Waals surface area contributed by atoms with Gasteiger partial charge in [-0.2, -0.15) is 0 Å². The van der Waals surface area contributed by atoms with E-state index in [1.54, 1.807) is 18.2 Å². The fourth-order valence-electron chi connectivity index (χ4n) is 2.93. The third-order valence-electron chi connectivity index (χ3n) is 4.30. The molecule has 1 heterocycles. The first kappa shape index (κ1) is 22.2. The molecule has 0 radical (unpaired) electrons. The van der Waals surface area contributed by atoms with Gasteiger partial charge >= 0.3 is 0 Å². The summed E-state index contributed by atoms with van der Waals surface area (Å²) in [4.78, 5) is 15.7. The molecule has 0 saturated heterocycles. The quantitative estimate of drug-likeness (QED) is 0.418. The highest BCUT2D eigenvalue weighted by atomic mass is 32.1. The molecule has 0 aliphatic heterocycles. The second-order valence-electron chi connectivity index (χ2n) is 6.19. The lowest BCUT2D eigenvalue weighted by Crippen LogP contribution is -2.16. The standard InChI is InChI=1S/C21H14F2N2O3S.C2H6/c22-13-6-7-16(20(23)19(13)21(24)27)28-10-18-25-14-9-11(5-8-17(14)29-18)12-3-1-2-4-15(12)26;1-2/h1-9,26H,10H2,(H2,24,27);1-2H3. The number of carbonyl (C=O) groups is 1. The molecule has 0 unspecified atom stereocenters. The minimum atomic E-state index is -1.21. The van der Waals surface area contributed by atoms with Crippen LogP contribution in [0.4, 0.5) is 8.78 Å². The van der Waals surface area contributed by atoms with Gasteiger partial charge in [0.15, 0.2) is 11.6 Å². The number of primary amides is 1. The number of aromatic nitrogens is 1. The van der Waals surface area contributed by atoms with Crippen LogP contribution in [0.15, 0.2) is 54.6 Å². The number of fused-ring (bicyclic) bond motifs is 1. The highest BCUT2D eigenvalue weighted by molar-refractivity contribution is 7.18. The fourth-order valence-corrected chi connectivity index (χ4v) is 3.79. The summed E-state index contributed by atoms with van der Waals surface area (Å²) in [5.41, 5.74) is 6.38. The molecule has 4 rings (SSSR count). The number of benzene rings is 3. The Kier molecular flexibility index (Phi) is 6.81. The number of nitrogens with zero attached hydrogens (tertiary/aromatic N) is 1. The van der Waals surface area contributed by atoms with E-state index < -0.39 is 23.1 Å². The van der Waals surface area contributed by atoms with Crippen LogP contribution in [0.3, 0.4) is 0 Å². The van der Waals surface area contributed by atoms with E-state index in [1.807, 2.05) is 38.1 Å². The number of phenols is 1. The number of hydrogen-bond acceptors (Lipinski definition) is 5. The Morgan fingerprint density at radius 2 is 1.87 bits per heavy atom. The first-order valence-electron chi connectivity index (χ1n) is 9.52. The molecule has 160 valence electrons. The molecule has 0 fully saturated rings. The first-order valence-corrected chi connectivity index (χ1v) is 10.3. The molecular formula is C23H20F2N2O3S. The Morgan fingerprint density at radius 3 is 2.58 bits per heavy atom. The lowest BCUT2D eigenvalue weighted by atomic mass is 10.0. The maximum atomic E-state index is 14.3. The number of phenolic OH excluding ortho intramolecular Hbond substituents is 1. The van der Waals surface area contributed by atoms with Crippen molar-refractivity contribution in [3.05, 3.63) is 76.8 Å². The lowest BCUT2D eigenvalue weighted by molar-refractivity contribution is 0.0991. The van der Waals surface area contributed by atoms with Crippen LogP contribution in [0.1, 0.15) is 29.2 Å². The van der Waals surface area contributed by atoms with Gasteiger partial charge in [-0.25, -0.2) is 13.8 Å². The van der Waals surface area contributed by atoms with E-state index >= 15 is 0 Å². The van der Waals surface area contributed by atoms with Crippen LogP contribution in [-0.2, 0) is 6.61 Å². The lowest BCUT2D eigenvalue weighted by Gasteiger charge is -2.08. The van der Waals surface area contributed by atoms with Crippen LogP contribution in [0.25, 0.3) is 21.3 Å². The summed E-state index contributed by atoms with van der Waals surface area (Å²) in [6.45, 7) is 3.94. The van der Waals surface area contributed by atoms with E-state index in [9.17, 15) is 18.7 Å². The molecule has 31 heavy (non-hydrogen) atoms. The molecule has 3 N–H and O–H groups in total. The molecule has 0 aliphatic carbocycles. The summed E-state index contributed by atoms with van der Waals surface area (Å²) in [5, 5.41) is 10.6. The Morgan fingerprint density at radius 1 is 1.13 bits per heavy atom. The predicted octanol–water partition coefficient (Wildman–Crippen LogP) is 5.65. The molecule has 0 atom stereocenters. The van der Waals surface area contributed by atoms with Crippen molar-refractivity contribution in [3.8, 4) is 22.6 Å². The Balaban J connectivity index is 0.00000132. The molecule has 1 amide bonds. The van der Waals surface area contributed by atoms with E-state index in [0.717, 1.165) is 22.4 Å². The average molecular weight is 442 g/mol. The molecule has 0 bridgehead atoms. The predicted molar refractivity (Wildman–Crippen MR) is 117 cm³/mol. The van der Waals surface area contributed by atoms with Gasteiger partial charge in [-0.1, -0.05) is 38.1 Å². The average Bonchev–Trinajstić information content (AvgIpc) is 3.17. The van der Waals surface area contributed by atoms with Crippen molar-refractivity contribution in [3.63, 3.8) is 0 Å². The van der Waals surface area contributed by atoms with Crippen LogP contribution >= 0.6 is 11.3 Å². The number of ether oxygens (including phenoxy) is 1. The van der Waals surface area contributed by atoms with E-state index in [-0.39, 0.29) is 18.1 Å². The maximum absolute atomic E-state index is 14.3. The molecule has 3 aromatic carbocycles. The fraction of sp³-hybridized carbons (Fsp3) is 0.130. The summed E-state index contributed by atoms with van der Waals surface area (Å²) < 4.78 is 34.1. The number of rotatable bonds is 5. The van der Waals surface area contributed by atoms with Crippen molar-refractivity contribution in [1.29, 1.82) is 0 Å². The van der Waals surface area contributed by atoms with Gasteiger partial charge in [-0.15, -0.1) is 11.3 Å². The van der Waals surface area contributed by atoms with Gasteiger partial charge in [-0.05, 0) is 35.9 Å². The molecule has 4 aromatic rings. The van der Waals surface area contributed by atoms with Crippen molar-refractivity contribution in [2.45, 2.75) is 20.5 Å². The maximum Gasteiger partial charge on any atom is 0.254 e. The second-order valence-corrected chi connectivity index (χ2v) is 7.31. The molecule has 0 aliphatic rings. The van der Waals surface area contributed by atoms with Gasteiger partial charge < -0.3 is 15.6 Å². The van der Waals surface area contributed by atoms with Gasteiger partial charge in [-0.3, -0.25) is 4.79 Å². The highest BCUT2D eigenvalue weighted by Gasteiger charge is 2.19. The monoisotopic (exact) mass is 442 g/mol. The van der Waals surface area contributed by atoms with Crippen molar-refractivity contribution in [2.24, 2.45) is 5.73 Å². The van der Waals surface area contributed by atoms with Crippen molar-refractivity contribution in [1.82, 2.24) is 4.98 Å². The zero-order valence-corrected chi connectivity index (χ0v) is 17.7. The minimum absolute atomic E-state index is 0.0635. The normalized spacial score (nSPS) is 10.5. The van der Waals surface area contributed by atoms with Crippen molar-refractivity contribution in [2.75, 3.05) is 0 Å². The number of hydrogen-bond donors (Lipinski definition) is 2. The van der Waals surface area contributed by atoms with Gasteiger partial charge in [0.25, 0.3) is 5.91 Å². The number of nitrogens with two attached hydrogens (primary N) is 1. The molecule has 8 heteroatoms. The van der Waals surface area contributed by atoms with E-state index in [2.05, 4.69) is 4.98 Å². The van der Waals surface area contributed by atoms with Gasteiger partial charge in [0.05, 0.1) is 10.2 Å². The molecular weight excluding hydrogens is 422 g/mol. The van der Waals surface area contributed by atoms with Gasteiger partial charge in [0.1, 0.15) is 28.7 Å². The second kappa shape index (κ2) is 9.53. The van der Waals surface area contributed by atoms with Crippen LogP contribution in [0.2, 0.25) is 0 Å². The van der Waals surface area contributed by atoms with Crippen molar-refractivity contribution < 1.29 is 23.4 Å². The number of para-hydroxylation sites is 1. The third kappa shape index (κ3) is 4.64. The first-order chi connectivity index (χ1) is 14.9. The van der Waals surface area contributed by atoms with E-state index in [4.69, 9.17) is 10.5 Å². The minimum Gasteiger partial charge on any atom is -0.507 e. The zero-order chi connectivity index (χ0) is 22.5. The number of halogens is 2. The Hall–Kier alpha value is -3.52. The van der Waals surface area contributed by atoms with Crippen LogP contribution in [0.5, 0.6) is 11.5 Å². The van der Waals surface area contributed by atoms with Gasteiger partial charge in [0, 0.05) is 5.56 Å². The molecule has 5 nitrogen and oxygen atoms in total. The Bertz CT molecular complexity index is 1240. The zero-order valence-electron chi connectivity index (χ0n) is 16.9. The van der Waals surface area contributed by atoms with E-state index in [0.29, 0.717) is 16.1 Å². The van der Waals surface area contributed by atoms with Crippen LogP contribution < -0.4 is 10.5 Å². The molecule has 1 aromatic heterocycles. The summed E-state index contributed by atoms with van der Waals surface area (Å²) in [5.74, 6) is -3.50. The van der Waals surface area contributed by atoms with E-state index in [1.165, 1.54) is 11.3 Å².